The van der Waals surface area contributed by atoms with E-state index in [1.807, 2.05) is 13.8 Å². The van der Waals surface area contributed by atoms with Gasteiger partial charge in [0.25, 0.3) is 0 Å². The molecule has 1 aromatic heterocycles. The summed E-state index contributed by atoms with van der Waals surface area (Å²) < 4.78 is 5.04. The van der Waals surface area contributed by atoms with Gasteiger partial charge >= 0.3 is 5.63 Å². The van der Waals surface area contributed by atoms with Gasteiger partial charge in [-0.05, 0) is 18.6 Å². The molecule has 13 heavy (non-hydrogen) atoms. The van der Waals surface area contributed by atoms with E-state index in [0.717, 1.165) is 6.42 Å². The van der Waals surface area contributed by atoms with Crippen molar-refractivity contribution in [2.24, 2.45) is 0 Å². The quantitative estimate of drug-likeness (QED) is 0.773. The van der Waals surface area contributed by atoms with Crippen molar-refractivity contribution in [3.8, 4) is 0 Å². The molecular formula is C10H14O3. The molecule has 0 saturated heterocycles. The van der Waals surface area contributed by atoms with Crippen LogP contribution in [0.5, 0.6) is 0 Å². The lowest BCUT2D eigenvalue weighted by Gasteiger charge is -2.06. The Hall–Kier alpha value is -1.09. The van der Waals surface area contributed by atoms with Gasteiger partial charge in [0, 0.05) is 5.92 Å². The fraction of sp³-hybridized carbons (Fsp3) is 0.500. The van der Waals surface area contributed by atoms with Gasteiger partial charge in [0.05, 0.1) is 12.2 Å². The average Bonchev–Trinajstić information content (AvgIpc) is 2.16. The van der Waals surface area contributed by atoms with Crippen LogP contribution in [-0.2, 0) is 6.61 Å². The van der Waals surface area contributed by atoms with E-state index in [1.54, 1.807) is 12.1 Å². The molecule has 1 atom stereocenters. The van der Waals surface area contributed by atoms with Crippen molar-refractivity contribution < 1.29 is 9.52 Å². The van der Waals surface area contributed by atoms with Gasteiger partial charge in [-0.3, -0.25) is 0 Å². The number of hydrogen-bond acceptors (Lipinski definition) is 3. The number of aliphatic hydroxyl groups is 1. The molecule has 0 saturated carbocycles. The maximum atomic E-state index is 11.2. The molecule has 0 aliphatic rings. The van der Waals surface area contributed by atoms with Crippen molar-refractivity contribution in [1.82, 2.24) is 0 Å². The Kier molecular flexibility index (Phi) is 3.25. The van der Waals surface area contributed by atoms with Gasteiger partial charge < -0.3 is 9.52 Å². The van der Waals surface area contributed by atoms with Crippen LogP contribution >= 0.6 is 0 Å². The molecule has 72 valence electrons. The minimum Gasteiger partial charge on any atom is -0.427 e. The first-order valence-electron chi connectivity index (χ1n) is 4.42. The molecular weight excluding hydrogens is 168 g/mol. The fourth-order valence-electron chi connectivity index (χ4n) is 1.04. The van der Waals surface area contributed by atoms with Crippen molar-refractivity contribution in [1.29, 1.82) is 0 Å². The lowest BCUT2D eigenvalue weighted by molar-refractivity contribution is 0.272. The van der Waals surface area contributed by atoms with Crippen LogP contribution < -0.4 is 5.63 Å². The van der Waals surface area contributed by atoms with Gasteiger partial charge in [0.2, 0.25) is 0 Å². The topological polar surface area (TPSA) is 50.4 Å². The highest BCUT2D eigenvalue weighted by Crippen LogP contribution is 2.16. The zero-order valence-electron chi connectivity index (χ0n) is 7.91. The van der Waals surface area contributed by atoms with Crippen LogP contribution in [0.1, 0.15) is 37.5 Å². The summed E-state index contributed by atoms with van der Waals surface area (Å²) in [6.45, 7) is 3.77. The molecule has 1 rings (SSSR count). The Balaban J connectivity index is 3.03. The summed E-state index contributed by atoms with van der Waals surface area (Å²) in [6.07, 6.45) is 0.932. The molecule has 0 bridgehead atoms. The lowest BCUT2D eigenvalue weighted by Crippen LogP contribution is -2.09. The van der Waals surface area contributed by atoms with Gasteiger partial charge in [-0.2, -0.15) is 0 Å². The van der Waals surface area contributed by atoms with Gasteiger partial charge in [-0.1, -0.05) is 13.8 Å². The largest absolute Gasteiger partial charge is 0.427 e. The fourth-order valence-corrected chi connectivity index (χ4v) is 1.04. The molecule has 1 N–H and O–H groups in total. The first-order chi connectivity index (χ1) is 6.19. The second-order valence-corrected chi connectivity index (χ2v) is 3.12. The number of hydrogen-bond donors (Lipinski definition) is 1. The predicted octanol–water partition coefficient (Wildman–Crippen LogP) is 1.65. The highest BCUT2D eigenvalue weighted by atomic mass is 16.4. The Labute approximate surface area is 77.0 Å². The number of aliphatic hydroxyl groups excluding tert-OH is 1. The minimum atomic E-state index is -0.430. The monoisotopic (exact) mass is 182 g/mol. The van der Waals surface area contributed by atoms with Crippen LogP contribution in [0, 0.1) is 0 Å². The van der Waals surface area contributed by atoms with Crippen molar-refractivity contribution in [3.63, 3.8) is 0 Å². The lowest BCUT2D eigenvalue weighted by atomic mass is 10.1. The second-order valence-electron chi connectivity index (χ2n) is 3.12. The van der Waals surface area contributed by atoms with Gasteiger partial charge in [-0.15, -0.1) is 0 Å². The first kappa shape index (κ1) is 9.99. The molecule has 0 fully saturated rings. The summed E-state index contributed by atoms with van der Waals surface area (Å²) in [5, 5.41) is 8.75. The van der Waals surface area contributed by atoms with E-state index in [1.165, 1.54) is 0 Å². The summed E-state index contributed by atoms with van der Waals surface area (Å²) in [4.78, 5) is 11.2. The van der Waals surface area contributed by atoms with E-state index in [0.29, 0.717) is 11.3 Å². The molecule has 3 nitrogen and oxygen atoms in total. The van der Waals surface area contributed by atoms with Crippen LogP contribution in [0.15, 0.2) is 21.3 Å². The van der Waals surface area contributed by atoms with Crippen LogP contribution in [0.2, 0.25) is 0 Å². The first-order valence-corrected chi connectivity index (χ1v) is 4.42. The normalized spacial score (nSPS) is 12.8. The van der Waals surface area contributed by atoms with Crippen molar-refractivity contribution in [3.05, 3.63) is 33.9 Å². The maximum absolute atomic E-state index is 11.2. The smallest absolute Gasteiger partial charge is 0.341 e. The zero-order valence-corrected chi connectivity index (χ0v) is 7.91. The van der Waals surface area contributed by atoms with Crippen molar-refractivity contribution in [2.75, 3.05) is 0 Å². The zero-order chi connectivity index (χ0) is 9.84. The van der Waals surface area contributed by atoms with Crippen LogP contribution in [-0.4, -0.2) is 5.11 Å². The van der Waals surface area contributed by atoms with Gasteiger partial charge in [0.1, 0.15) is 5.76 Å². The molecule has 0 aromatic carbocycles. The SMILES string of the molecule is CC[C@@H](C)c1ccc(CO)c(=O)o1. The van der Waals surface area contributed by atoms with Crippen LogP contribution in [0.4, 0.5) is 0 Å². The van der Waals surface area contributed by atoms with Crippen LogP contribution in [0.25, 0.3) is 0 Å². The van der Waals surface area contributed by atoms with Crippen LogP contribution in [0.3, 0.4) is 0 Å². The molecule has 0 unspecified atom stereocenters. The van der Waals surface area contributed by atoms with E-state index in [9.17, 15) is 4.79 Å². The molecule has 0 spiro atoms. The Morgan fingerprint density at radius 1 is 1.54 bits per heavy atom. The molecule has 0 aliphatic carbocycles. The van der Waals surface area contributed by atoms with Crippen molar-refractivity contribution in [2.45, 2.75) is 32.8 Å². The van der Waals surface area contributed by atoms with E-state index < -0.39 is 5.63 Å². The summed E-state index contributed by atoms with van der Waals surface area (Å²) in [5.74, 6) is 0.935. The van der Waals surface area contributed by atoms with E-state index >= 15 is 0 Å². The highest BCUT2D eigenvalue weighted by molar-refractivity contribution is 5.12. The maximum Gasteiger partial charge on any atom is 0.341 e. The Bertz CT molecular complexity index is 327. The third-order valence-electron chi connectivity index (χ3n) is 2.19. The van der Waals surface area contributed by atoms with E-state index in [2.05, 4.69) is 0 Å². The summed E-state index contributed by atoms with van der Waals surface area (Å²) in [5.41, 5.74) is -0.118. The third kappa shape index (κ3) is 2.18. The Morgan fingerprint density at radius 2 is 2.23 bits per heavy atom. The second kappa shape index (κ2) is 4.23. The summed E-state index contributed by atoms with van der Waals surface area (Å²) in [7, 11) is 0. The standard InChI is InChI=1S/C10H14O3/c1-3-7(2)9-5-4-8(6-11)10(12)13-9/h4-5,7,11H,3,6H2,1-2H3/t7-/m1/s1. The highest BCUT2D eigenvalue weighted by Gasteiger charge is 2.07. The molecule has 0 aliphatic heterocycles. The molecule has 0 radical (unpaired) electrons. The van der Waals surface area contributed by atoms with E-state index in [4.69, 9.17) is 9.52 Å². The molecule has 1 heterocycles. The Morgan fingerprint density at radius 3 is 2.69 bits per heavy atom. The summed E-state index contributed by atoms with van der Waals surface area (Å²) in [6, 6.07) is 3.37. The predicted molar refractivity (Wildman–Crippen MR) is 49.6 cm³/mol. The minimum absolute atomic E-state index is 0.250. The molecule has 0 amide bonds. The number of rotatable bonds is 3. The van der Waals surface area contributed by atoms with Crippen molar-refractivity contribution >= 4 is 0 Å². The molecule has 1 aromatic rings. The van der Waals surface area contributed by atoms with Gasteiger partial charge in [-0.25, -0.2) is 4.79 Å². The van der Waals surface area contributed by atoms with E-state index in [-0.39, 0.29) is 12.5 Å². The molecule has 3 heteroatoms. The third-order valence-corrected chi connectivity index (χ3v) is 2.19. The summed E-state index contributed by atoms with van der Waals surface area (Å²) >= 11 is 0. The average molecular weight is 182 g/mol. The van der Waals surface area contributed by atoms with Gasteiger partial charge in [0.15, 0.2) is 0 Å².